The number of carboxylic acids is 1. The zero-order chi connectivity index (χ0) is 10.7. The minimum Gasteiger partial charge on any atom is -0.507 e. The second-order valence-electron chi connectivity index (χ2n) is 2.76. The van der Waals surface area contributed by atoms with Crippen LogP contribution in [0.4, 0.5) is 0 Å². The van der Waals surface area contributed by atoms with E-state index in [9.17, 15) is 9.90 Å². The summed E-state index contributed by atoms with van der Waals surface area (Å²) >= 11 is 3.18. The van der Waals surface area contributed by atoms with Crippen LogP contribution in [0.15, 0.2) is 29.3 Å². The smallest absolute Gasteiger partial charge is 0.339 e. The minimum absolute atomic E-state index is 0.101. The lowest BCUT2D eigenvalue weighted by atomic mass is 10.1. The number of hydrogen-bond acceptors (Lipinski definition) is 2. The van der Waals surface area contributed by atoms with Crippen molar-refractivity contribution in [3.05, 3.63) is 40.4 Å². The van der Waals surface area contributed by atoms with Crippen LogP contribution in [0.25, 0.3) is 0 Å². The van der Waals surface area contributed by atoms with Crippen LogP contribution in [0.3, 0.4) is 0 Å². The molecule has 0 radical (unpaired) electrons. The van der Waals surface area contributed by atoms with Gasteiger partial charge in [0, 0.05) is 4.47 Å². The molecule has 0 spiro atoms. The van der Waals surface area contributed by atoms with E-state index in [1.165, 1.54) is 6.07 Å². The molecule has 1 aromatic carbocycles. The van der Waals surface area contributed by atoms with Gasteiger partial charge < -0.3 is 10.2 Å². The Labute approximate surface area is 89.8 Å². The molecule has 0 fully saturated rings. The van der Waals surface area contributed by atoms with Crippen molar-refractivity contribution in [1.29, 1.82) is 0 Å². The highest BCUT2D eigenvalue weighted by molar-refractivity contribution is 9.10. The van der Waals surface area contributed by atoms with E-state index >= 15 is 0 Å². The number of aromatic hydroxyl groups is 1. The van der Waals surface area contributed by atoms with Crippen molar-refractivity contribution in [2.24, 2.45) is 0 Å². The molecule has 4 heteroatoms. The molecule has 2 N–H and O–H groups in total. The molecule has 0 aliphatic rings. The number of aromatic carboxylic acids is 1. The predicted octanol–water partition coefficient (Wildman–Crippen LogP) is 2.58. The molecule has 74 valence electrons. The fraction of sp³-hybridized carbons (Fsp3) is 0.100. The van der Waals surface area contributed by atoms with Crippen LogP contribution < -0.4 is 0 Å². The maximum absolute atomic E-state index is 10.7. The minimum atomic E-state index is -1.14. The highest BCUT2D eigenvalue weighted by Gasteiger charge is 2.13. The summed E-state index contributed by atoms with van der Waals surface area (Å²) in [5.74, 6) is -1.34. The van der Waals surface area contributed by atoms with Crippen molar-refractivity contribution < 1.29 is 15.0 Å². The molecule has 0 aliphatic carbocycles. The average Bonchev–Trinajstić information content (AvgIpc) is 2.10. The first-order valence-electron chi connectivity index (χ1n) is 3.92. The summed E-state index contributed by atoms with van der Waals surface area (Å²) in [4.78, 5) is 10.7. The molecule has 14 heavy (non-hydrogen) atoms. The van der Waals surface area contributed by atoms with E-state index in [2.05, 4.69) is 22.5 Å². The maximum Gasteiger partial charge on any atom is 0.339 e. The van der Waals surface area contributed by atoms with E-state index in [0.717, 1.165) is 0 Å². The van der Waals surface area contributed by atoms with Gasteiger partial charge in [-0.15, -0.1) is 6.58 Å². The van der Waals surface area contributed by atoms with Crippen LogP contribution >= 0.6 is 15.9 Å². The molecule has 0 atom stereocenters. The Bertz CT molecular complexity index is 385. The van der Waals surface area contributed by atoms with Gasteiger partial charge in [0.15, 0.2) is 0 Å². The van der Waals surface area contributed by atoms with Gasteiger partial charge in [-0.3, -0.25) is 0 Å². The average molecular weight is 257 g/mol. The van der Waals surface area contributed by atoms with Gasteiger partial charge in [-0.2, -0.15) is 0 Å². The number of phenols is 1. The summed E-state index contributed by atoms with van der Waals surface area (Å²) in [7, 11) is 0. The molecular weight excluding hydrogens is 248 g/mol. The number of halogens is 1. The van der Waals surface area contributed by atoms with Gasteiger partial charge in [0.2, 0.25) is 0 Å². The summed E-state index contributed by atoms with van der Waals surface area (Å²) in [6, 6.07) is 3.04. The summed E-state index contributed by atoms with van der Waals surface area (Å²) in [5, 5.41) is 18.3. The van der Waals surface area contributed by atoms with Crippen molar-refractivity contribution in [2.75, 3.05) is 0 Å². The molecule has 1 rings (SSSR count). The molecular formula is C10H9BrO3. The normalized spacial score (nSPS) is 9.79. The van der Waals surface area contributed by atoms with Crippen LogP contribution in [0.1, 0.15) is 15.9 Å². The molecule has 3 nitrogen and oxygen atoms in total. The quantitative estimate of drug-likeness (QED) is 0.818. The monoisotopic (exact) mass is 256 g/mol. The Morgan fingerprint density at radius 1 is 1.57 bits per heavy atom. The fourth-order valence-corrected chi connectivity index (χ4v) is 1.64. The lowest BCUT2D eigenvalue weighted by molar-refractivity contribution is 0.0693. The number of carboxylic acid groups (broad SMARTS) is 1. The molecule has 0 aromatic heterocycles. The van der Waals surface area contributed by atoms with Crippen molar-refractivity contribution >= 4 is 21.9 Å². The van der Waals surface area contributed by atoms with Gasteiger partial charge >= 0.3 is 5.97 Å². The van der Waals surface area contributed by atoms with E-state index in [4.69, 9.17) is 5.11 Å². The molecule has 0 saturated heterocycles. The van der Waals surface area contributed by atoms with Crippen LogP contribution in [0.2, 0.25) is 0 Å². The van der Waals surface area contributed by atoms with Gasteiger partial charge in [-0.1, -0.05) is 22.0 Å². The fourth-order valence-electron chi connectivity index (χ4n) is 1.13. The van der Waals surface area contributed by atoms with Gasteiger partial charge in [0.1, 0.15) is 11.3 Å². The van der Waals surface area contributed by atoms with Crippen molar-refractivity contribution in [1.82, 2.24) is 0 Å². The lowest BCUT2D eigenvalue weighted by Gasteiger charge is -2.06. The van der Waals surface area contributed by atoms with Crippen molar-refractivity contribution in [2.45, 2.75) is 6.42 Å². The van der Waals surface area contributed by atoms with E-state index in [0.29, 0.717) is 16.5 Å². The maximum atomic E-state index is 10.7. The molecule has 0 saturated carbocycles. The zero-order valence-corrected chi connectivity index (χ0v) is 8.91. The first-order chi connectivity index (χ1) is 6.56. The van der Waals surface area contributed by atoms with E-state index in [-0.39, 0.29) is 11.3 Å². The van der Waals surface area contributed by atoms with Crippen LogP contribution in [-0.2, 0) is 6.42 Å². The number of allylic oxidation sites excluding steroid dienone is 1. The van der Waals surface area contributed by atoms with Gasteiger partial charge in [-0.25, -0.2) is 4.79 Å². The third-order valence-electron chi connectivity index (χ3n) is 1.75. The summed E-state index contributed by atoms with van der Waals surface area (Å²) in [6.07, 6.45) is 2.04. The van der Waals surface area contributed by atoms with E-state index in [1.807, 2.05) is 0 Å². The second-order valence-corrected chi connectivity index (χ2v) is 3.67. The Kier molecular flexibility index (Phi) is 3.30. The van der Waals surface area contributed by atoms with Crippen LogP contribution in [0, 0.1) is 0 Å². The number of rotatable bonds is 3. The highest BCUT2D eigenvalue weighted by atomic mass is 79.9. The summed E-state index contributed by atoms with van der Waals surface area (Å²) < 4.78 is 0.629. The summed E-state index contributed by atoms with van der Waals surface area (Å²) in [5.41, 5.74) is 0.447. The summed E-state index contributed by atoms with van der Waals surface area (Å²) in [6.45, 7) is 3.53. The lowest BCUT2D eigenvalue weighted by Crippen LogP contribution is -1.99. The predicted molar refractivity (Wildman–Crippen MR) is 56.7 cm³/mol. The topological polar surface area (TPSA) is 57.5 Å². The standard InChI is InChI=1S/C10H9BrO3/c1-2-3-6-4-7(11)5-8(9(6)12)10(13)14/h2,4-5,12H,1,3H2,(H,13,14). The molecule has 0 unspecified atom stereocenters. The Morgan fingerprint density at radius 2 is 2.21 bits per heavy atom. The van der Waals surface area contributed by atoms with Crippen molar-refractivity contribution in [3.63, 3.8) is 0 Å². The zero-order valence-electron chi connectivity index (χ0n) is 7.33. The first-order valence-corrected chi connectivity index (χ1v) is 4.71. The van der Waals surface area contributed by atoms with Gasteiger partial charge in [0.05, 0.1) is 0 Å². The number of hydrogen-bond donors (Lipinski definition) is 2. The third kappa shape index (κ3) is 2.14. The molecule has 0 aliphatic heterocycles. The van der Waals surface area contributed by atoms with Gasteiger partial charge in [-0.05, 0) is 24.1 Å². The Morgan fingerprint density at radius 3 is 2.71 bits per heavy atom. The highest BCUT2D eigenvalue weighted by Crippen LogP contribution is 2.27. The first kappa shape index (κ1) is 10.8. The molecule has 0 heterocycles. The Balaban J connectivity index is 3.31. The molecule has 1 aromatic rings. The number of carbonyl (C=O) groups is 1. The van der Waals surface area contributed by atoms with Crippen LogP contribution in [0.5, 0.6) is 5.75 Å². The number of benzene rings is 1. The van der Waals surface area contributed by atoms with Crippen molar-refractivity contribution in [3.8, 4) is 5.75 Å². The van der Waals surface area contributed by atoms with E-state index < -0.39 is 5.97 Å². The van der Waals surface area contributed by atoms with Gasteiger partial charge in [0.25, 0.3) is 0 Å². The molecule has 0 amide bonds. The largest absolute Gasteiger partial charge is 0.507 e. The SMILES string of the molecule is C=CCc1cc(Br)cc(C(=O)O)c1O. The Hall–Kier alpha value is -1.29. The third-order valence-corrected chi connectivity index (χ3v) is 2.21. The second kappa shape index (κ2) is 4.28. The van der Waals surface area contributed by atoms with E-state index in [1.54, 1.807) is 12.1 Å². The van der Waals surface area contributed by atoms with Crippen LogP contribution in [-0.4, -0.2) is 16.2 Å². The molecule has 0 bridgehead atoms.